The van der Waals surface area contributed by atoms with Gasteiger partial charge in [-0.25, -0.2) is 4.98 Å². The number of hydrogen-bond acceptors (Lipinski definition) is 4. The van der Waals surface area contributed by atoms with Gasteiger partial charge in [-0.15, -0.1) is 0 Å². The van der Waals surface area contributed by atoms with Gasteiger partial charge in [-0.2, -0.15) is 5.26 Å². The first-order chi connectivity index (χ1) is 11.1. The summed E-state index contributed by atoms with van der Waals surface area (Å²) >= 11 is 0. The van der Waals surface area contributed by atoms with Crippen molar-refractivity contribution in [2.24, 2.45) is 0 Å². The Balaban J connectivity index is 2.08. The molecule has 1 N–H and O–H groups in total. The summed E-state index contributed by atoms with van der Waals surface area (Å²) in [5.74, 6) is 1.17. The van der Waals surface area contributed by atoms with Crippen molar-refractivity contribution in [3.05, 3.63) is 59.4 Å². The Labute approximate surface area is 134 Å². The van der Waals surface area contributed by atoms with Crippen LogP contribution in [0, 0.1) is 11.3 Å². The fourth-order valence-electron chi connectivity index (χ4n) is 2.70. The number of hydrogen-bond donors (Lipinski definition) is 1. The first-order valence-corrected chi connectivity index (χ1v) is 7.34. The standard InChI is InChI=1S/C18H17N3O2/c1-12(22)18-20-15-5-3-4-6-16(15)21(18)11-13-7-8-17(23-2)14(9-13)10-19/h3-9,12,22H,11H2,1-2H3/t12-/m1/s1. The highest BCUT2D eigenvalue weighted by molar-refractivity contribution is 5.76. The van der Waals surface area contributed by atoms with Gasteiger partial charge in [0.1, 0.15) is 23.7 Å². The molecule has 0 bridgehead atoms. The van der Waals surface area contributed by atoms with Crippen molar-refractivity contribution < 1.29 is 9.84 Å². The number of nitriles is 1. The molecule has 5 nitrogen and oxygen atoms in total. The molecule has 0 aliphatic heterocycles. The second kappa shape index (κ2) is 6.11. The molecule has 116 valence electrons. The van der Waals surface area contributed by atoms with Crippen LogP contribution in [0.15, 0.2) is 42.5 Å². The number of aromatic nitrogens is 2. The van der Waals surface area contributed by atoms with E-state index >= 15 is 0 Å². The topological polar surface area (TPSA) is 71.1 Å². The van der Waals surface area contributed by atoms with E-state index in [9.17, 15) is 10.4 Å². The molecule has 0 aliphatic carbocycles. The lowest BCUT2D eigenvalue weighted by atomic mass is 10.1. The molecule has 0 saturated heterocycles. The van der Waals surface area contributed by atoms with Crippen LogP contribution in [-0.4, -0.2) is 21.8 Å². The number of aliphatic hydroxyl groups is 1. The van der Waals surface area contributed by atoms with Crippen LogP contribution < -0.4 is 4.74 Å². The van der Waals surface area contributed by atoms with Gasteiger partial charge in [0.2, 0.25) is 0 Å². The number of ether oxygens (including phenoxy) is 1. The SMILES string of the molecule is COc1ccc(Cn2c([C@@H](C)O)nc3ccccc32)cc1C#N. The molecule has 1 aromatic heterocycles. The highest BCUT2D eigenvalue weighted by Gasteiger charge is 2.15. The Morgan fingerprint density at radius 3 is 2.78 bits per heavy atom. The van der Waals surface area contributed by atoms with Gasteiger partial charge in [0.25, 0.3) is 0 Å². The van der Waals surface area contributed by atoms with Gasteiger partial charge in [0.15, 0.2) is 0 Å². The molecule has 0 aliphatic rings. The molecule has 0 radical (unpaired) electrons. The molecule has 0 saturated carbocycles. The number of fused-ring (bicyclic) bond motifs is 1. The molecule has 3 rings (SSSR count). The Morgan fingerprint density at radius 2 is 2.09 bits per heavy atom. The third-order valence-electron chi connectivity index (χ3n) is 3.78. The van der Waals surface area contributed by atoms with E-state index in [1.54, 1.807) is 26.2 Å². The first-order valence-electron chi connectivity index (χ1n) is 7.34. The van der Waals surface area contributed by atoms with Crippen LogP contribution in [0.1, 0.15) is 30.0 Å². The summed E-state index contributed by atoms with van der Waals surface area (Å²) in [6.07, 6.45) is -0.670. The van der Waals surface area contributed by atoms with Crippen molar-refractivity contribution in [2.75, 3.05) is 7.11 Å². The van der Waals surface area contributed by atoms with Crippen LogP contribution in [0.5, 0.6) is 5.75 Å². The van der Waals surface area contributed by atoms with Crippen LogP contribution in [0.3, 0.4) is 0 Å². The monoisotopic (exact) mass is 307 g/mol. The predicted molar refractivity (Wildman–Crippen MR) is 87.2 cm³/mol. The second-order valence-electron chi connectivity index (χ2n) is 5.37. The van der Waals surface area contributed by atoms with Crippen LogP contribution in [-0.2, 0) is 6.54 Å². The van der Waals surface area contributed by atoms with E-state index < -0.39 is 6.10 Å². The lowest BCUT2D eigenvalue weighted by Gasteiger charge is -2.12. The predicted octanol–water partition coefficient (Wildman–Crippen LogP) is 3.02. The van der Waals surface area contributed by atoms with Gasteiger partial charge in [-0.1, -0.05) is 18.2 Å². The Morgan fingerprint density at radius 1 is 1.30 bits per heavy atom. The zero-order valence-electron chi connectivity index (χ0n) is 13.0. The maximum Gasteiger partial charge on any atom is 0.138 e. The van der Waals surface area contributed by atoms with Gasteiger partial charge >= 0.3 is 0 Å². The van der Waals surface area contributed by atoms with Crippen molar-refractivity contribution in [3.63, 3.8) is 0 Å². The molecule has 0 fully saturated rings. The summed E-state index contributed by atoms with van der Waals surface area (Å²) in [5, 5.41) is 19.2. The van der Waals surface area contributed by atoms with E-state index in [1.807, 2.05) is 34.9 Å². The molecular weight excluding hydrogens is 290 g/mol. The van der Waals surface area contributed by atoms with Gasteiger partial charge in [0.05, 0.1) is 23.7 Å². The maximum atomic E-state index is 10.0. The summed E-state index contributed by atoms with van der Waals surface area (Å²) in [4.78, 5) is 4.51. The molecular formula is C18H17N3O2. The summed E-state index contributed by atoms with van der Waals surface area (Å²) in [5.41, 5.74) is 3.25. The van der Waals surface area contributed by atoms with Crippen molar-refractivity contribution in [2.45, 2.75) is 19.6 Å². The molecule has 3 aromatic rings. The Kier molecular flexibility index (Phi) is 4.00. The number of aliphatic hydroxyl groups excluding tert-OH is 1. The third kappa shape index (κ3) is 2.77. The molecule has 5 heteroatoms. The summed E-state index contributed by atoms with van der Waals surface area (Å²) in [6, 6.07) is 15.4. The minimum absolute atomic E-state index is 0.494. The smallest absolute Gasteiger partial charge is 0.138 e. The number of benzene rings is 2. The first kappa shape index (κ1) is 15.1. The largest absolute Gasteiger partial charge is 0.495 e. The van der Waals surface area contributed by atoms with E-state index in [0.717, 1.165) is 16.6 Å². The fraction of sp³-hybridized carbons (Fsp3) is 0.222. The number of methoxy groups -OCH3 is 1. The average Bonchev–Trinajstić information content (AvgIpc) is 2.94. The van der Waals surface area contributed by atoms with Crippen molar-refractivity contribution in [1.29, 1.82) is 5.26 Å². The number of rotatable bonds is 4. The molecule has 2 aromatic carbocycles. The molecule has 1 heterocycles. The van der Waals surface area contributed by atoms with Crippen molar-refractivity contribution in [1.82, 2.24) is 9.55 Å². The van der Waals surface area contributed by atoms with Gasteiger partial charge in [-0.05, 0) is 36.8 Å². The van der Waals surface area contributed by atoms with E-state index in [0.29, 0.717) is 23.7 Å². The highest BCUT2D eigenvalue weighted by atomic mass is 16.5. The quantitative estimate of drug-likeness (QED) is 0.804. The van der Waals surface area contributed by atoms with Gasteiger partial charge in [0, 0.05) is 6.54 Å². The summed E-state index contributed by atoms with van der Waals surface area (Å²) < 4.78 is 7.15. The third-order valence-corrected chi connectivity index (χ3v) is 3.78. The van der Waals surface area contributed by atoms with Gasteiger partial charge < -0.3 is 14.4 Å². The van der Waals surface area contributed by atoms with Crippen LogP contribution in [0.2, 0.25) is 0 Å². The lowest BCUT2D eigenvalue weighted by Crippen LogP contribution is -2.08. The molecule has 1 atom stereocenters. The average molecular weight is 307 g/mol. The minimum atomic E-state index is -0.670. The van der Waals surface area contributed by atoms with E-state index in [2.05, 4.69) is 11.1 Å². The van der Waals surface area contributed by atoms with Crippen LogP contribution >= 0.6 is 0 Å². The van der Waals surface area contributed by atoms with Crippen LogP contribution in [0.4, 0.5) is 0 Å². The van der Waals surface area contributed by atoms with Crippen LogP contribution in [0.25, 0.3) is 11.0 Å². The Hall–Kier alpha value is -2.84. The molecule has 23 heavy (non-hydrogen) atoms. The van der Waals surface area contributed by atoms with Crippen molar-refractivity contribution in [3.8, 4) is 11.8 Å². The maximum absolute atomic E-state index is 10.0. The van der Waals surface area contributed by atoms with Gasteiger partial charge in [-0.3, -0.25) is 0 Å². The zero-order valence-corrected chi connectivity index (χ0v) is 13.0. The van der Waals surface area contributed by atoms with Crippen molar-refractivity contribution >= 4 is 11.0 Å². The summed E-state index contributed by atoms with van der Waals surface area (Å²) in [7, 11) is 1.55. The lowest BCUT2D eigenvalue weighted by molar-refractivity contribution is 0.185. The fourth-order valence-corrected chi connectivity index (χ4v) is 2.70. The Bertz CT molecular complexity index is 891. The normalized spacial score (nSPS) is 12.1. The number of imidazole rings is 1. The number of nitrogens with zero attached hydrogens (tertiary/aromatic N) is 3. The van der Waals surface area contributed by atoms with E-state index in [4.69, 9.17) is 4.74 Å². The highest BCUT2D eigenvalue weighted by Crippen LogP contribution is 2.24. The van der Waals surface area contributed by atoms with E-state index in [-0.39, 0.29) is 0 Å². The molecule has 0 amide bonds. The number of para-hydroxylation sites is 2. The second-order valence-corrected chi connectivity index (χ2v) is 5.37. The molecule has 0 unspecified atom stereocenters. The minimum Gasteiger partial charge on any atom is -0.495 e. The summed E-state index contributed by atoms with van der Waals surface area (Å²) in [6.45, 7) is 2.23. The molecule has 0 spiro atoms. The zero-order chi connectivity index (χ0) is 16.4. The van der Waals surface area contributed by atoms with E-state index in [1.165, 1.54) is 0 Å².